The van der Waals surface area contributed by atoms with Gasteiger partial charge in [0, 0.05) is 35.9 Å². The van der Waals surface area contributed by atoms with Crippen molar-refractivity contribution >= 4 is 40.1 Å². The van der Waals surface area contributed by atoms with Crippen LogP contribution in [0, 0.1) is 19.8 Å². The van der Waals surface area contributed by atoms with Gasteiger partial charge < -0.3 is 9.30 Å². The number of nitrogens with zero attached hydrogens (tertiary/aromatic N) is 3. The van der Waals surface area contributed by atoms with E-state index in [0.717, 1.165) is 46.9 Å². The molecule has 0 spiro atoms. The summed E-state index contributed by atoms with van der Waals surface area (Å²) < 4.78 is 7.82. The molecule has 31 heavy (non-hydrogen) atoms. The second-order valence-corrected chi connectivity index (χ2v) is 9.49. The Hall–Kier alpha value is -2.64. The van der Waals surface area contributed by atoms with Crippen molar-refractivity contribution in [3.05, 3.63) is 57.8 Å². The second-order valence-electron chi connectivity index (χ2n) is 8.05. The molecule has 1 aliphatic carbocycles. The fourth-order valence-corrected chi connectivity index (χ4v) is 5.47. The molecule has 160 valence electrons. The number of aryl methyl sites for hydroxylation is 3. The number of amides is 1. The Morgan fingerprint density at radius 2 is 2.23 bits per heavy atom. The first-order valence-corrected chi connectivity index (χ1v) is 11.6. The van der Waals surface area contributed by atoms with E-state index in [1.165, 1.54) is 29.3 Å². The van der Waals surface area contributed by atoms with E-state index in [-0.39, 0.29) is 5.92 Å². The fourth-order valence-electron chi connectivity index (χ4n) is 4.20. The van der Waals surface area contributed by atoms with Gasteiger partial charge in [-0.1, -0.05) is 35.1 Å². The molecule has 5 rings (SSSR count). The summed E-state index contributed by atoms with van der Waals surface area (Å²) in [4.78, 5) is 21.8. The molecular weight excluding hydrogens is 432 g/mol. The van der Waals surface area contributed by atoms with Gasteiger partial charge in [-0.05, 0) is 44.0 Å². The molecule has 3 heterocycles. The van der Waals surface area contributed by atoms with E-state index >= 15 is 0 Å². The molecule has 2 aromatic heterocycles. The van der Waals surface area contributed by atoms with Crippen LogP contribution in [-0.2, 0) is 24.1 Å². The van der Waals surface area contributed by atoms with Gasteiger partial charge in [0.05, 0.1) is 23.7 Å². The molecule has 1 atom stereocenters. The first-order valence-electron chi connectivity index (χ1n) is 10.4. The van der Waals surface area contributed by atoms with Crippen LogP contribution in [0.15, 0.2) is 24.3 Å². The van der Waals surface area contributed by atoms with Crippen LogP contribution in [-0.4, -0.2) is 27.2 Å². The predicted molar refractivity (Wildman–Crippen MR) is 124 cm³/mol. The smallest absolute Gasteiger partial charge is 0.412 e. The number of thiazole rings is 1. The SMILES string of the molecule is Cc1cc(Cl)ccc1-c1nc(C)c(NC(=O)OCC2C=Cc3c(nc4n3CCC4)C2)s1. The standard InChI is InChI=1S/C23H23ClN4O2S/c1-13-10-16(24)6-7-17(13)22-25-14(2)21(31-22)27-23(29)30-12-15-5-8-19-18(11-15)26-20-4-3-9-28(19)20/h5-8,10,15H,3-4,9,11-12H2,1-2H3,(H,27,29). The van der Waals surface area contributed by atoms with E-state index in [2.05, 4.69) is 27.0 Å². The largest absolute Gasteiger partial charge is 0.449 e. The van der Waals surface area contributed by atoms with Crippen LogP contribution in [0.2, 0.25) is 5.02 Å². The van der Waals surface area contributed by atoms with Gasteiger partial charge in [-0.15, -0.1) is 0 Å². The number of anilines is 1. The number of hydrogen-bond donors (Lipinski definition) is 1. The van der Waals surface area contributed by atoms with Crippen molar-refractivity contribution in [2.24, 2.45) is 5.92 Å². The highest BCUT2D eigenvalue weighted by Gasteiger charge is 2.25. The summed E-state index contributed by atoms with van der Waals surface area (Å²) in [5.74, 6) is 1.32. The fraction of sp³-hybridized carbons (Fsp3) is 0.348. The number of ether oxygens (including phenoxy) is 1. The van der Waals surface area contributed by atoms with E-state index in [0.29, 0.717) is 16.6 Å². The highest BCUT2D eigenvalue weighted by Crippen LogP contribution is 2.34. The molecule has 0 bridgehead atoms. The molecule has 3 aromatic rings. The van der Waals surface area contributed by atoms with Gasteiger partial charge in [0.1, 0.15) is 15.8 Å². The van der Waals surface area contributed by atoms with Gasteiger partial charge in [0.2, 0.25) is 0 Å². The number of imidazole rings is 1. The van der Waals surface area contributed by atoms with Gasteiger partial charge in [0.15, 0.2) is 0 Å². The van der Waals surface area contributed by atoms with Gasteiger partial charge in [0.25, 0.3) is 0 Å². The number of aromatic nitrogens is 3. The highest BCUT2D eigenvalue weighted by atomic mass is 35.5. The minimum absolute atomic E-state index is 0.142. The number of nitrogens with one attached hydrogen (secondary N) is 1. The first kappa shape index (κ1) is 20.3. The zero-order chi connectivity index (χ0) is 21.5. The molecule has 0 saturated carbocycles. The van der Waals surface area contributed by atoms with Crippen molar-refractivity contribution in [3.63, 3.8) is 0 Å². The molecule has 1 aliphatic heterocycles. The Bertz CT molecular complexity index is 1200. The molecule has 8 heteroatoms. The first-order chi connectivity index (χ1) is 15.0. The van der Waals surface area contributed by atoms with Gasteiger partial charge in [-0.2, -0.15) is 0 Å². The lowest BCUT2D eigenvalue weighted by molar-refractivity contribution is 0.149. The lowest BCUT2D eigenvalue weighted by Crippen LogP contribution is -2.20. The summed E-state index contributed by atoms with van der Waals surface area (Å²) in [6.45, 7) is 5.25. The third kappa shape index (κ3) is 4.00. The summed E-state index contributed by atoms with van der Waals surface area (Å²) >= 11 is 7.49. The Labute approximate surface area is 189 Å². The molecule has 0 radical (unpaired) electrons. The van der Waals surface area contributed by atoms with Crippen LogP contribution < -0.4 is 5.32 Å². The van der Waals surface area contributed by atoms with Crippen LogP contribution in [0.4, 0.5) is 9.80 Å². The molecule has 1 N–H and O–H groups in total. The van der Waals surface area contributed by atoms with E-state index in [4.69, 9.17) is 21.3 Å². The van der Waals surface area contributed by atoms with Gasteiger partial charge in [-0.25, -0.2) is 14.8 Å². The molecule has 6 nitrogen and oxygen atoms in total. The van der Waals surface area contributed by atoms with Crippen LogP contribution in [0.3, 0.4) is 0 Å². The quantitative estimate of drug-likeness (QED) is 0.552. The van der Waals surface area contributed by atoms with Crippen LogP contribution in [0.25, 0.3) is 16.6 Å². The molecule has 1 unspecified atom stereocenters. The van der Waals surface area contributed by atoms with Crippen molar-refractivity contribution in [2.45, 2.75) is 39.7 Å². The van der Waals surface area contributed by atoms with Crippen molar-refractivity contribution in [3.8, 4) is 10.6 Å². The normalized spacial score (nSPS) is 16.8. The Morgan fingerprint density at radius 3 is 3.06 bits per heavy atom. The molecule has 2 aliphatic rings. The van der Waals surface area contributed by atoms with E-state index < -0.39 is 6.09 Å². The molecule has 1 aromatic carbocycles. The maximum Gasteiger partial charge on any atom is 0.412 e. The van der Waals surface area contributed by atoms with Crippen molar-refractivity contribution < 1.29 is 9.53 Å². The van der Waals surface area contributed by atoms with E-state index in [1.807, 2.05) is 32.0 Å². The average molecular weight is 455 g/mol. The molecule has 1 amide bonds. The lowest BCUT2D eigenvalue weighted by Gasteiger charge is -2.17. The number of hydrogen-bond acceptors (Lipinski definition) is 5. The summed E-state index contributed by atoms with van der Waals surface area (Å²) in [6.07, 6.45) is 6.82. The summed E-state index contributed by atoms with van der Waals surface area (Å²) in [7, 11) is 0. The Morgan fingerprint density at radius 1 is 1.35 bits per heavy atom. The van der Waals surface area contributed by atoms with Gasteiger partial charge in [-0.3, -0.25) is 5.32 Å². The van der Waals surface area contributed by atoms with Crippen molar-refractivity contribution in [1.29, 1.82) is 0 Å². The number of halogens is 1. The predicted octanol–water partition coefficient (Wildman–Crippen LogP) is 5.66. The van der Waals surface area contributed by atoms with Crippen LogP contribution in [0.5, 0.6) is 0 Å². The van der Waals surface area contributed by atoms with Crippen molar-refractivity contribution in [1.82, 2.24) is 14.5 Å². The summed E-state index contributed by atoms with van der Waals surface area (Å²) in [5, 5.41) is 5.08. The number of rotatable bonds is 4. The zero-order valence-electron chi connectivity index (χ0n) is 17.4. The maximum atomic E-state index is 12.4. The highest BCUT2D eigenvalue weighted by molar-refractivity contribution is 7.19. The minimum atomic E-state index is -0.461. The monoisotopic (exact) mass is 454 g/mol. The number of fused-ring (bicyclic) bond motifs is 3. The minimum Gasteiger partial charge on any atom is -0.449 e. The van der Waals surface area contributed by atoms with Gasteiger partial charge >= 0.3 is 6.09 Å². The van der Waals surface area contributed by atoms with Crippen LogP contribution in [0.1, 0.15) is 34.9 Å². The lowest BCUT2D eigenvalue weighted by atomic mass is 9.97. The Kier molecular flexibility index (Phi) is 5.32. The number of carbonyl (C=O) groups excluding carboxylic acids is 1. The molecular formula is C23H23ClN4O2S. The zero-order valence-corrected chi connectivity index (χ0v) is 19.0. The van der Waals surface area contributed by atoms with Crippen LogP contribution >= 0.6 is 22.9 Å². The number of carbonyl (C=O) groups is 1. The Balaban J connectivity index is 1.20. The third-order valence-electron chi connectivity index (χ3n) is 5.79. The molecule has 0 fully saturated rings. The van der Waals surface area contributed by atoms with E-state index in [9.17, 15) is 4.79 Å². The third-order valence-corrected chi connectivity index (χ3v) is 7.13. The average Bonchev–Trinajstić information content (AvgIpc) is 3.41. The summed E-state index contributed by atoms with van der Waals surface area (Å²) in [5.41, 5.74) is 5.16. The van der Waals surface area contributed by atoms with Crippen molar-refractivity contribution in [2.75, 3.05) is 11.9 Å². The summed E-state index contributed by atoms with van der Waals surface area (Å²) in [6, 6.07) is 5.71. The number of benzene rings is 1. The topological polar surface area (TPSA) is 69.0 Å². The molecule has 0 saturated heterocycles. The van der Waals surface area contributed by atoms with E-state index in [1.54, 1.807) is 0 Å². The second kappa shape index (κ2) is 8.13. The maximum absolute atomic E-state index is 12.4.